The standard InChI is InChI=1S/6C23H17N/c1-16-7-6-9-18(15-16)24-22-12-5-4-11-20(22)21-14-13-17-8-2-3-10-19(17)23(21)24;1-16-7-6-9-18(15-16)24-21-12-5-4-11-20(21)23-19-10-3-2-8-17(19)13-14-22(23)24;1-16-7-6-10-19(13-16)24-22-12-5-4-11-20(22)21-14-17-8-2-3-9-18(17)15-23(21)24;1-16-10-13-18(14-11-16)24-22-9-5-4-8-20(22)21-15-12-17-6-2-3-7-19(17)23(21)24;1-16-10-13-18(14-11-16)24-21-9-5-4-8-20(21)23-19-7-3-2-6-17(19)12-15-22(23)24;1-16-10-12-19(13-11-16)24-22-9-5-4-8-20(22)21-14-17-6-2-3-7-18(17)15-23(21)24/h6*2-15H,1H3. The van der Waals surface area contributed by atoms with Crippen molar-refractivity contribution in [2.45, 2.75) is 41.5 Å². The topological polar surface area (TPSA) is 29.6 Å². The van der Waals surface area contributed by atoms with E-state index in [1.54, 1.807) is 0 Å². The third-order valence-corrected chi connectivity index (χ3v) is 29.0. The van der Waals surface area contributed by atoms with E-state index in [0.717, 1.165) is 0 Å². The van der Waals surface area contributed by atoms with Crippen LogP contribution in [-0.4, -0.2) is 27.4 Å². The quantitative estimate of drug-likeness (QED) is 0.159. The van der Waals surface area contributed by atoms with Gasteiger partial charge in [0.25, 0.3) is 0 Å². The molecule has 0 N–H and O–H groups in total. The van der Waals surface area contributed by atoms with Crippen LogP contribution in [0.25, 0.3) is 230 Å². The summed E-state index contributed by atoms with van der Waals surface area (Å²) in [7, 11) is 0. The van der Waals surface area contributed by atoms with Crippen molar-refractivity contribution in [3.8, 4) is 34.1 Å². The summed E-state index contributed by atoms with van der Waals surface area (Å²) in [5, 5.41) is 31.3. The molecule has 0 aliphatic heterocycles. The van der Waals surface area contributed by atoms with Crippen molar-refractivity contribution in [3.63, 3.8) is 0 Å². The van der Waals surface area contributed by atoms with E-state index in [1.807, 2.05) is 0 Å². The van der Waals surface area contributed by atoms with Crippen molar-refractivity contribution in [2.24, 2.45) is 0 Å². The maximum atomic E-state index is 2.40. The predicted molar refractivity (Wildman–Crippen MR) is 618 cm³/mol. The molecular formula is C138H102N6. The highest BCUT2D eigenvalue weighted by Gasteiger charge is 2.22. The zero-order chi connectivity index (χ0) is 96.6. The van der Waals surface area contributed by atoms with Gasteiger partial charge >= 0.3 is 0 Å². The van der Waals surface area contributed by atoms with E-state index < -0.39 is 0 Å². The van der Waals surface area contributed by atoms with Crippen LogP contribution in [0.3, 0.4) is 0 Å². The van der Waals surface area contributed by atoms with Crippen LogP contribution in [0.2, 0.25) is 0 Å². The molecule has 0 amide bonds. The van der Waals surface area contributed by atoms with Crippen LogP contribution < -0.4 is 0 Å². The summed E-state index contributed by atoms with van der Waals surface area (Å²) in [6.45, 7) is 12.8. The summed E-state index contributed by atoms with van der Waals surface area (Å²) in [5.41, 5.74) is 30.1. The predicted octanol–water partition coefficient (Wildman–Crippen LogP) is 37.5. The van der Waals surface area contributed by atoms with E-state index in [9.17, 15) is 0 Å². The lowest BCUT2D eigenvalue weighted by Gasteiger charge is -2.10. The summed E-state index contributed by atoms with van der Waals surface area (Å²) < 4.78 is 14.3. The lowest BCUT2D eigenvalue weighted by Crippen LogP contribution is -1.94. The molecule has 0 unspecified atom stereocenters. The van der Waals surface area contributed by atoms with Gasteiger partial charge in [-0.15, -0.1) is 0 Å². The van der Waals surface area contributed by atoms with Crippen molar-refractivity contribution in [1.82, 2.24) is 27.4 Å². The van der Waals surface area contributed by atoms with E-state index >= 15 is 0 Å². The second-order valence-corrected chi connectivity index (χ2v) is 38.3. The monoisotopic (exact) mass is 1840 g/mol. The van der Waals surface area contributed by atoms with E-state index in [-0.39, 0.29) is 0 Å². The third kappa shape index (κ3) is 15.6. The molecule has 0 spiro atoms. The Balaban J connectivity index is 0.0000000905. The molecule has 684 valence electrons. The number of aryl methyl sites for hydroxylation is 6. The highest BCUT2D eigenvalue weighted by molar-refractivity contribution is 6.25. The van der Waals surface area contributed by atoms with Crippen LogP contribution in [-0.2, 0) is 0 Å². The fraction of sp³-hybridized carbons (Fsp3) is 0.0435. The first-order chi connectivity index (χ1) is 70.9. The Morgan fingerprint density at radius 1 is 0.111 bits per heavy atom. The number of benzene rings is 24. The lowest BCUT2D eigenvalue weighted by molar-refractivity contribution is 1.17. The Morgan fingerprint density at radius 3 is 0.701 bits per heavy atom. The Kier molecular flexibility index (Phi) is 22.3. The van der Waals surface area contributed by atoms with E-state index in [2.05, 4.69) is 579 Å². The summed E-state index contributed by atoms with van der Waals surface area (Å²) in [4.78, 5) is 0. The number of para-hydroxylation sites is 6. The molecule has 6 aromatic heterocycles. The van der Waals surface area contributed by atoms with Gasteiger partial charge < -0.3 is 27.4 Å². The minimum absolute atomic E-state index is 1.21. The first kappa shape index (κ1) is 87.2. The molecule has 24 aromatic carbocycles. The molecule has 0 aliphatic rings. The Hall–Kier alpha value is -18.4. The highest BCUT2D eigenvalue weighted by atomic mass is 15.0. The van der Waals surface area contributed by atoms with Crippen molar-refractivity contribution in [1.29, 1.82) is 0 Å². The molecule has 0 radical (unpaired) electrons. The van der Waals surface area contributed by atoms with Crippen LogP contribution in [0.4, 0.5) is 0 Å². The van der Waals surface area contributed by atoms with Gasteiger partial charge in [-0.25, -0.2) is 0 Å². The Morgan fingerprint density at radius 2 is 0.347 bits per heavy atom. The minimum Gasteiger partial charge on any atom is -0.309 e. The van der Waals surface area contributed by atoms with Gasteiger partial charge in [0.05, 0.1) is 66.2 Å². The van der Waals surface area contributed by atoms with Crippen molar-refractivity contribution in [3.05, 3.63) is 543 Å². The molecule has 0 fully saturated rings. The number of hydrogen-bond donors (Lipinski definition) is 0. The summed E-state index contributed by atoms with van der Waals surface area (Å²) in [6.07, 6.45) is 0. The molecule has 0 atom stereocenters. The number of nitrogens with zero attached hydrogens (tertiary/aromatic N) is 6. The first-order valence-corrected chi connectivity index (χ1v) is 49.8. The molecule has 0 saturated heterocycles. The fourth-order valence-corrected chi connectivity index (χ4v) is 22.3. The zero-order valence-electron chi connectivity index (χ0n) is 81.2. The molecule has 144 heavy (non-hydrogen) atoms. The molecule has 6 heteroatoms. The van der Waals surface area contributed by atoms with E-state index in [4.69, 9.17) is 0 Å². The average Bonchev–Trinajstić information content (AvgIpc) is 1.58. The highest BCUT2D eigenvalue weighted by Crippen LogP contribution is 2.45. The Labute approximate surface area is 835 Å². The Bertz CT molecular complexity index is 10100. The summed E-state index contributed by atoms with van der Waals surface area (Å²) in [5.74, 6) is 0. The van der Waals surface area contributed by atoms with Crippen LogP contribution in [0.5, 0.6) is 0 Å². The van der Waals surface area contributed by atoms with Gasteiger partial charge in [-0.3, -0.25) is 0 Å². The van der Waals surface area contributed by atoms with Crippen molar-refractivity contribution < 1.29 is 0 Å². The minimum atomic E-state index is 1.21. The SMILES string of the molecule is Cc1ccc(-n2c3ccccc3c3c4ccccc4ccc32)cc1.Cc1ccc(-n2c3ccccc3c3cc4ccccc4cc32)cc1.Cc1ccc(-n2c3ccccc3c3ccc4ccccc4c32)cc1.Cc1cccc(-n2c3ccccc3c3c4ccccc4ccc32)c1.Cc1cccc(-n2c3ccccc3c3cc4ccccc4cc32)c1.Cc1cccc(-n2c3ccccc3c3ccc4ccccc4c32)c1. The van der Waals surface area contributed by atoms with Crippen molar-refractivity contribution in [2.75, 3.05) is 0 Å². The third-order valence-electron chi connectivity index (χ3n) is 29.0. The summed E-state index contributed by atoms with van der Waals surface area (Å²) in [6, 6.07) is 183. The van der Waals surface area contributed by atoms with Gasteiger partial charge in [-0.2, -0.15) is 0 Å². The van der Waals surface area contributed by atoms with Gasteiger partial charge in [0.1, 0.15) is 0 Å². The molecule has 6 nitrogen and oxygen atoms in total. The maximum absolute atomic E-state index is 2.40. The van der Waals surface area contributed by atoms with Crippen LogP contribution in [0.1, 0.15) is 33.4 Å². The van der Waals surface area contributed by atoms with Crippen LogP contribution in [0.15, 0.2) is 510 Å². The largest absolute Gasteiger partial charge is 0.309 e. The second kappa shape index (κ2) is 36.8. The molecule has 0 aliphatic carbocycles. The van der Waals surface area contributed by atoms with Crippen LogP contribution >= 0.6 is 0 Å². The van der Waals surface area contributed by atoms with Gasteiger partial charge in [-0.1, -0.05) is 381 Å². The molecule has 6 heterocycles. The molecule has 0 bridgehead atoms. The number of hydrogen-bond acceptors (Lipinski definition) is 0. The maximum Gasteiger partial charge on any atom is 0.0619 e. The normalized spacial score (nSPS) is 11.5. The zero-order valence-corrected chi connectivity index (χ0v) is 81.2. The van der Waals surface area contributed by atoms with Gasteiger partial charge in [0.15, 0.2) is 0 Å². The van der Waals surface area contributed by atoms with Gasteiger partial charge in [0, 0.05) is 110 Å². The molecular weight excluding hydrogens is 1740 g/mol. The molecule has 30 aromatic rings. The summed E-state index contributed by atoms with van der Waals surface area (Å²) >= 11 is 0. The lowest BCUT2D eigenvalue weighted by atomic mass is 10.0. The fourth-order valence-electron chi connectivity index (χ4n) is 22.3. The second-order valence-electron chi connectivity index (χ2n) is 38.3. The van der Waals surface area contributed by atoms with Crippen LogP contribution in [0, 0.1) is 41.5 Å². The smallest absolute Gasteiger partial charge is 0.0619 e. The average molecular weight is 1840 g/mol. The number of rotatable bonds is 6. The van der Waals surface area contributed by atoms with E-state index in [1.165, 1.54) is 263 Å². The number of aromatic nitrogens is 6. The number of fused-ring (bicyclic) bond motifs is 28. The van der Waals surface area contributed by atoms with Crippen molar-refractivity contribution >= 4 is 195 Å². The molecule has 30 rings (SSSR count). The molecule has 0 saturated carbocycles. The first-order valence-electron chi connectivity index (χ1n) is 49.8. The van der Waals surface area contributed by atoms with Gasteiger partial charge in [-0.05, 0) is 258 Å². The van der Waals surface area contributed by atoms with Gasteiger partial charge in [0.2, 0.25) is 0 Å². The van der Waals surface area contributed by atoms with E-state index in [0.29, 0.717) is 0 Å².